The number of aromatic amines is 1. The van der Waals surface area contributed by atoms with Crippen molar-refractivity contribution in [1.29, 1.82) is 0 Å². The monoisotopic (exact) mass is 392 g/mol. The Bertz CT molecular complexity index is 1310. The predicted molar refractivity (Wildman–Crippen MR) is 103 cm³/mol. The highest BCUT2D eigenvalue weighted by atomic mass is 19.1. The maximum atomic E-state index is 13.2. The van der Waals surface area contributed by atoms with Gasteiger partial charge >= 0.3 is 5.97 Å². The van der Waals surface area contributed by atoms with Crippen LogP contribution in [0.2, 0.25) is 0 Å². The van der Waals surface area contributed by atoms with Gasteiger partial charge in [-0.1, -0.05) is 6.07 Å². The van der Waals surface area contributed by atoms with E-state index in [4.69, 9.17) is 5.11 Å². The van der Waals surface area contributed by atoms with Crippen molar-refractivity contribution in [3.63, 3.8) is 0 Å². The number of hydrogen-bond acceptors (Lipinski definition) is 4. The number of nitrogens with one attached hydrogen (secondary N) is 2. The standard InChI is InChI=1S/C20H13FN4O4/c21-13-6-4-11(5-7-13)16-9-17(26)25-18(24-16)15(10-22-25)19(27)23-14-3-1-2-12(8-14)20(28)29/h1-10,22H,(H,23,27)(H,28,29). The average Bonchev–Trinajstić information content (AvgIpc) is 3.13. The Morgan fingerprint density at radius 1 is 1.10 bits per heavy atom. The van der Waals surface area contributed by atoms with Gasteiger partial charge in [0.25, 0.3) is 11.5 Å². The summed E-state index contributed by atoms with van der Waals surface area (Å²) in [6.07, 6.45) is 1.33. The number of halogens is 1. The molecule has 0 aliphatic rings. The topological polar surface area (TPSA) is 117 Å². The molecule has 9 heteroatoms. The van der Waals surface area contributed by atoms with Crippen LogP contribution < -0.4 is 10.9 Å². The lowest BCUT2D eigenvalue weighted by Gasteiger charge is -2.06. The molecule has 2 heterocycles. The molecule has 0 aliphatic heterocycles. The molecule has 0 atom stereocenters. The third-order valence-electron chi connectivity index (χ3n) is 4.25. The first-order valence-corrected chi connectivity index (χ1v) is 8.44. The summed E-state index contributed by atoms with van der Waals surface area (Å²) < 4.78 is 14.3. The summed E-state index contributed by atoms with van der Waals surface area (Å²) in [4.78, 5) is 40.5. The van der Waals surface area contributed by atoms with Gasteiger partial charge in [-0.15, -0.1) is 0 Å². The number of aromatic nitrogens is 3. The summed E-state index contributed by atoms with van der Waals surface area (Å²) in [5, 5.41) is 14.3. The van der Waals surface area contributed by atoms with E-state index < -0.39 is 23.3 Å². The zero-order valence-electron chi connectivity index (χ0n) is 14.7. The van der Waals surface area contributed by atoms with Crippen LogP contribution in [0.4, 0.5) is 10.1 Å². The van der Waals surface area contributed by atoms with Gasteiger partial charge in [-0.25, -0.2) is 18.7 Å². The number of nitrogens with zero attached hydrogens (tertiary/aromatic N) is 2. The fraction of sp³-hybridized carbons (Fsp3) is 0. The van der Waals surface area contributed by atoms with Crippen molar-refractivity contribution >= 4 is 23.2 Å². The molecule has 0 aliphatic carbocycles. The number of carboxylic acids is 1. The molecule has 2 aromatic carbocycles. The highest BCUT2D eigenvalue weighted by Crippen LogP contribution is 2.19. The number of amides is 1. The number of rotatable bonds is 4. The number of aromatic carboxylic acids is 1. The summed E-state index contributed by atoms with van der Waals surface area (Å²) in [6, 6.07) is 12.5. The minimum atomic E-state index is -1.12. The molecule has 0 unspecified atom stereocenters. The quantitative estimate of drug-likeness (QED) is 0.494. The molecule has 2 aromatic heterocycles. The lowest BCUT2D eigenvalue weighted by atomic mass is 10.1. The SMILES string of the molecule is O=C(O)c1cccc(NC(=O)c2c[nH]n3c(=O)cc(-c4ccc(F)cc4)nc23)c1. The second-order valence-electron chi connectivity index (χ2n) is 6.17. The minimum Gasteiger partial charge on any atom is -0.478 e. The molecule has 144 valence electrons. The van der Waals surface area contributed by atoms with Crippen molar-refractivity contribution in [3.8, 4) is 11.3 Å². The average molecular weight is 392 g/mol. The van der Waals surface area contributed by atoms with Crippen LogP contribution >= 0.6 is 0 Å². The summed E-state index contributed by atoms with van der Waals surface area (Å²) in [6.45, 7) is 0. The largest absolute Gasteiger partial charge is 0.478 e. The fourth-order valence-electron chi connectivity index (χ4n) is 2.85. The number of benzene rings is 2. The Morgan fingerprint density at radius 3 is 2.59 bits per heavy atom. The van der Waals surface area contributed by atoms with Gasteiger partial charge in [-0.05, 0) is 42.5 Å². The molecule has 4 rings (SSSR count). The number of carbonyl (C=O) groups is 2. The van der Waals surface area contributed by atoms with Gasteiger partial charge in [0.1, 0.15) is 11.4 Å². The molecule has 0 bridgehead atoms. The number of H-pyrrole nitrogens is 1. The molecule has 4 aromatic rings. The van der Waals surface area contributed by atoms with Crippen LogP contribution in [0.25, 0.3) is 16.9 Å². The van der Waals surface area contributed by atoms with E-state index in [1.54, 1.807) is 6.07 Å². The first-order chi connectivity index (χ1) is 13.9. The van der Waals surface area contributed by atoms with Crippen LogP contribution in [-0.2, 0) is 0 Å². The Morgan fingerprint density at radius 2 is 1.86 bits per heavy atom. The number of carboxylic acid groups (broad SMARTS) is 1. The molecular weight excluding hydrogens is 379 g/mol. The Hall–Kier alpha value is -4.27. The highest BCUT2D eigenvalue weighted by Gasteiger charge is 2.17. The highest BCUT2D eigenvalue weighted by molar-refractivity contribution is 6.08. The van der Waals surface area contributed by atoms with E-state index in [1.165, 1.54) is 54.7 Å². The second kappa shape index (κ2) is 7.04. The Kier molecular flexibility index (Phi) is 4.40. The third kappa shape index (κ3) is 3.48. The van der Waals surface area contributed by atoms with Crippen LogP contribution in [0.5, 0.6) is 0 Å². The first kappa shape index (κ1) is 18.1. The summed E-state index contributed by atoms with van der Waals surface area (Å²) in [5.74, 6) is -2.11. The smallest absolute Gasteiger partial charge is 0.335 e. The van der Waals surface area contributed by atoms with Crippen LogP contribution in [0, 0.1) is 5.82 Å². The van der Waals surface area contributed by atoms with Crippen molar-refractivity contribution in [1.82, 2.24) is 14.6 Å². The number of carbonyl (C=O) groups excluding carboxylic acids is 1. The lowest BCUT2D eigenvalue weighted by molar-refractivity contribution is 0.0696. The van der Waals surface area contributed by atoms with Gasteiger partial charge in [0.2, 0.25) is 0 Å². The summed E-state index contributed by atoms with van der Waals surface area (Å²) in [7, 11) is 0. The molecule has 0 saturated heterocycles. The second-order valence-corrected chi connectivity index (χ2v) is 6.17. The summed E-state index contributed by atoms with van der Waals surface area (Å²) in [5.41, 5.74) is 0.849. The molecule has 3 N–H and O–H groups in total. The molecule has 8 nitrogen and oxygen atoms in total. The van der Waals surface area contributed by atoms with E-state index in [0.29, 0.717) is 5.56 Å². The van der Waals surface area contributed by atoms with Gasteiger partial charge in [0, 0.05) is 23.5 Å². The molecule has 0 radical (unpaired) electrons. The van der Waals surface area contributed by atoms with Crippen molar-refractivity contribution in [2.75, 3.05) is 5.32 Å². The number of anilines is 1. The maximum absolute atomic E-state index is 13.2. The van der Waals surface area contributed by atoms with Crippen molar-refractivity contribution < 1.29 is 19.1 Å². The molecule has 29 heavy (non-hydrogen) atoms. The lowest BCUT2D eigenvalue weighted by Crippen LogP contribution is -2.17. The van der Waals surface area contributed by atoms with Crippen LogP contribution in [-0.4, -0.2) is 31.6 Å². The van der Waals surface area contributed by atoms with Gasteiger partial charge in [0.05, 0.1) is 11.3 Å². The molecular formula is C20H13FN4O4. The van der Waals surface area contributed by atoms with Crippen molar-refractivity contribution in [2.24, 2.45) is 0 Å². The van der Waals surface area contributed by atoms with Gasteiger partial charge in [0.15, 0.2) is 5.65 Å². The van der Waals surface area contributed by atoms with E-state index >= 15 is 0 Å². The fourth-order valence-corrected chi connectivity index (χ4v) is 2.85. The molecule has 0 spiro atoms. The van der Waals surface area contributed by atoms with Crippen LogP contribution in [0.3, 0.4) is 0 Å². The van der Waals surface area contributed by atoms with Gasteiger partial charge in [-0.2, -0.15) is 0 Å². The van der Waals surface area contributed by atoms with Gasteiger partial charge < -0.3 is 10.4 Å². The van der Waals surface area contributed by atoms with E-state index in [9.17, 15) is 18.8 Å². The number of hydrogen-bond donors (Lipinski definition) is 3. The van der Waals surface area contributed by atoms with Crippen LogP contribution in [0.1, 0.15) is 20.7 Å². The van der Waals surface area contributed by atoms with Crippen molar-refractivity contribution in [3.05, 3.63) is 88.1 Å². The van der Waals surface area contributed by atoms with E-state index in [2.05, 4.69) is 15.4 Å². The first-order valence-electron chi connectivity index (χ1n) is 8.44. The third-order valence-corrected chi connectivity index (χ3v) is 4.25. The minimum absolute atomic E-state index is 0.0228. The predicted octanol–water partition coefficient (Wildman–Crippen LogP) is 2.78. The number of fused-ring (bicyclic) bond motifs is 1. The molecule has 0 saturated carbocycles. The van der Waals surface area contributed by atoms with E-state index in [0.717, 1.165) is 4.52 Å². The maximum Gasteiger partial charge on any atom is 0.335 e. The Balaban J connectivity index is 1.73. The van der Waals surface area contributed by atoms with E-state index in [1.807, 2.05) is 0 Å². The zero-order chi connectivity index (χ0) is 20.5. The molecule has 0 fully saturated rings. The van der Waals surface area contributed by atoms with Crippen molar-refractivity contribution in [2.45, 2.75) is 0 Å². The normalized spacial score (nSPS) is 10.8. The van der Waals surface area contributed by atoms with Crippen LogP contribution in [0.15, 0.2) is 65.6 Å². The van der Waals surface area contributed by atoms with E-state index in [-0.39, 0.29) is 28.2 Å². The zero-order valence-corrected chi connectivity index (χ0v) is 14.7. The Labute approximate surface area is 162 Å². The van der Waals surface area contributed by atoms with Gasteiger partial charge in [-0.3, -0.25) is 14.7 Å². The molecule has 1 amide bonds. The summed E-state index contributed by atoms with van der Waals surface area (Å²) >= 11 is 0.